The standard InChI is InChI=1S/C18H30N2/c1-14-12-15(13-19-5)6-7-17(14)20-10-8-16(9-11-20)18(2,3)4/h6-7,12,16,19H,8-11,13H2,1-5H3. The van der Waals surface area contributed by atoms with Gasteiger partial charge in [0.05, 0.1) is 0 Å². The van der Waals surface area contributed by atoms with Gasteiger partial charge in [-0.2, -0.15) is 0 Å². The molecule has 1 aliphatic rings. The predicted octanol–water partition coefficient (Wildman–Crippen LogP) is 3.98. The molecule has 1 fully saturated rings. The van der Waals surface area contributed by atoms with Crippen LogP contribution in [-0.4, -0.2) is 20.1 Å². The molecule has 0 aromatic heterocycles. The first kappa shape index (κ1) is 15.4. The number of nitrogens with zero attached hydrogens (tertiary/aromatic N) is 1. The summed E-state index contributed by atoms with van der Waals surface area (Å²) in [6.07, 6.45) is 2.64. The van der Waals surface area contributed by atoms with Gasteiger partial charge in [0.2, 0.25) is 0 Å². The van der Waals surface area contributed by atoms with E-state index in [0.29, 0.717) is 5.41 Å². The molecule has 20 heavy (non-hydrogen) atoms. The van der Waals surface area contributed by atoms with Crippen molar-refractivity contribution in [2.45, 2.75) is 47.1 Å². The SMILES string of the molecule is CNCc1ccc(N2CCC(C(C)(C)C)CC2)c(C)c1. The maximum Gasteiger partial charge on any atom is 0.0396 e. The Hall–Kier alpha value is -1.02. The molecule has 0 unspecified atom stereocenters. The van der Waals surface area contributed by atoms with Crippen LogP contribution in [0.25, 0.3) is 0 Å². The second-order valence-corrected chi connectivity index (χ2v) is 7.28. The van der Waals surface area contributed by atoms with Crippen LogP contribution in [0.1, 0.15) is 44.7 Å². The van der Waals surface area contributed by atoms with E-state index >= 15 is 0 Å². The third kappa shape index (κ3) is 3.54. The van der Waals surface area contributed by atoms with Crippen LogP contribution in [0.15, 0.2) is 18.2 Å². The molecule has 1 aromatic carbocycles. The van der Waals surface area contributed by atoms with E-state index < -0.39 is 0 Å². The van der Waals surface area contributed by atoms with Gasteiger partial charge in [0.1, 0.15) is 0 Å². The summed E-state index contributed by atoms with van der Waals surface area (Å²) in [5.41, 5.74) is 4.67. The number of benzene rings is 1. The van der Waals surface area contributed by atoms with Crippen LogP contribution in [0.5, 0.6) is 0 Å². The van der Waals surface area contributed by atoms with Crippen molar-refractivity contribution in [3.8, 4) is 0 Å². The second-order valence-electron chi connectivity index (χ2n) is 7.28. The van der Waals surface area contributed by atoms with E-state index in [0.717, 1.165) is 12.5 Å². The maximum atomic E-state index is 3.22. The van der Waals surface area contributed by atoms with E-state index in [-0.39, 0.29) is 0 Å². The number of piperidine rings is 1. The summed E-state index contributed by atoms with van der Waals surface area (Å²) in [6.45, 7) is 12.7. The van der Waals surface area contributed by atoms with Crippen molar-refractivity contribution < 1.29 is 0 Å². The molecule has 0 spiro atoms. The van der Waals surface area contributed by atoms with Gasteiger partial charge in [-0.1, -0.05) is 32.9 Å². The normalized spacial score (nSPS) is 17.6. The van der Waals surface area contributed by atoms with Gasteiger partial charge < -0.3 is 10.2 Å². The van der Waals surface area contributed by atoms with Gasteiger partial charge in [-0.15, -0.1) is 0 Å². The Morgan fingerprint density at radius 1 is 1.20 bits per heavy atom. The first-order valence-electron chi connectivity index (χ1n) is 7.91. The zero-order chi connectivity index (χ0) is 14.8. The molecule has 0 atom stereocenters. The first-order valence-corrected chi connectivity index (χ1v) is 7.91. The number of rotatable bonds is 3. The highest BCUT2D eigenvalue weighted by Gasteiger charge is 2.29. The number of anilines is 1. The summed E-state index contributed by atoms with van der Waals surface area (Å²) < 4.78 is 0. The summed E-state index contributed by atoms with van der Waals surface area (Å²) in [5.74, 6) is 0.864. The van der Waals surface area contributed by atoms with Crippen LogP contribution >= 0.6 is 0 Å². The highest BCUT2D eigenvalue weighted by Crippen LogP contribution is 2.36. The lowest BCUT2D eigenvalue weighted by Crippen LogP contribution is -2.38. The molecule has 1 saturated heterocycles. The van der Waals surface area contributed by atoms with Crippen LogP contribution in [0.2, 0.25) is 0 Å². The summed E-state index contributed by atoms with van der Waals surface area (Å²) in [6, 6.07) is 6.88. The van der Waals surface area contributed by atoms with Gasteiger partial charge in [-0.05, 0) is 55.3 Å². The Morgan fingerprint density at radius 3 is 2.35 bits per heavy atom. The lowest BCUT2D eigenvalue weighted by Gasteiger charge is -2.40. The fraction of sp³-hybridized carbons (Fsp3) is 0.667. The minimum absolute atomic E-state index is 0.456. The van der Waals surface area contributed by atoms with Gasteiger partial charge in [0.25, 0.3) is 0 Å². The molecule has 0 aliphatic carbocycles. The number of hydrogen-bond acceptors (Lipinski definition) is 2. The Kier molecular flexibility index (Phi) is 4.74. The maximum absolute atomic E-state index is 3.22. The minimum Gasteiger partial charge on any atom is -0.371 e. The predicted molar refractivity (Wildman–Crippen MR) is 88.3 cm³/mol. The highest BCUT2D eigenvalue weighted by molar-refractivity contribution is 5.54. The minimum atomic E-state index is 0.456. The molecule has 1 aromatic rings. The van der Waals surface area contributed by atoms with Crippen molar-refractivity contribution in [2.75, 3.05) is 25.0 Å². The monoisotopic (exact) mass is 274 g/mol. The average Bonchev–Trinajstić information content (AvgIpc) is 2.38. The zero-order valence-electron chi connectivity index (χ0n) is 13.8. The van der Waals surface area contributed by atoms with E-state index in [1.54, 1.807) is 0 Å². The first-order chi connectivity index (χ1) is 9.41. The van der Waals surface area contributed by atoms with Gasteiger partial charge in [0, 0.05) is 25.3 Å². The van der Waals surface area contributed by atoms with Gasteiger partial charge in [-0.25, -0.2) is 0 Å². The Labute approximate surface area is 124 Å². The van der Waals surface area contributed by atoms with Gasteiger partial charge >= 0.3 is 0 Å². The lowest BCUT2D eigenvalue weighted by molar-refractivity contribution is 0.199. The van der Waals surface area contributed by atoms with Crippen molar-refractivity contribution in [1.82, 2.24) is 5.32 Å². The molecule has 0 radical (unpaired) electrons. The smallest absolute Gasteiger partial charge is 0.0396 e. The van der Waals surface area contributed by atoms with Crippen LogP contribution in [0.3, 0.4) is 0 Å². The summed E-state index contributed by atoms with van der Waals surface area (Å²) >= 11 is 0. The molecular formula is C18H30N2. The molecule has 2 rings (SSSR count). The van der Waals surface area contributed by atoms with Crippen molar-refractivity contribution >= 4 is 5.69 Å². The highest BCUT2D eigenvalue weighted by atomic mass is 15.1. The van der Waals surface area contributed by atoms with E-state index in [2.05, 4.69) is 56.1 Å². The summed E-state index contributed by atoms with van der Waals surface area (Å²) in [5, 5.41) is 3.22. The molecule has 1 N–H and O–H groups in total. The van der Waals surface area contributed by atoms with Crippen molar-refractivity contribution in [3.63, 3.8) is 0 Å². The van der Waals surface area contributed by atoms with Crippen molar-refractivity contribution in [2.24, 2.45) is 11.3 Å². The fourth-order valence-corrected chi connectivity index (χ4v) is 3.37. The average molecular weight is 274 g/mol. The van der Waals surface area contributed by atoms with Crippen molar-refractivity contribution in [1.29, 1.82) is 0 Å². The zero-order valence-corrected chi connectivity index (χ0v) is 13.8. The Bertz CT molecular complexity index is 437. The largest absolute Gasteiger partial charge is 0.371 e. The second kappa shape index (κ2) is 6.17. The molecular weight excluding hydrogens is 244 g/mol. The van der Waals surface area contributed by atoms with E-state index in [9.17, 15) is 0 Å². The van der Waals surface area contributed by atoms with E-state index in [1.807, 2.05) is 7.05 Å². The Balaban J connectivity index is 2.03. The molecule has 0 saturated carbocycles. The van der Waals surface area contributed by atoms with Crippen LogP contribution < -0.4 is 10.2 Å². The summed E-state index contributed by atoms with van der Waals surface area (Å²) in [4.78, 5) is 2.57. The van der Waals surface area contributed by atoms with E-state index in [1.165, 1.54) is 42.7 Å². The molecule has 0 amide bonds. The molecule has 2 heteroatoms. The summed E-state index contributed by atoms with van der Waals surface area (Å²) in [7, 11) is 2.00. The molecule has 0 bridgehead atoms. The van der Waals surface area contributed by atoms with Crippen molar-refractivity contribution in [3.05, 3.63) is 29.3 Å². The molecule has 2 nitrogen and oxygen atoms in total. The van der Waals surface area contributed by atoms with Gasteiger partial charge in [0.15, 0.2) is 0 Å². The molecule has 112 valence electrons. The number of hydrogen-bond donors (Lipinski definition) is 1. The van der Waals surface area contributed by atoms with Crippen LogP contribution in [-0.2, 0) is 6.54 Å². The topological polar surface area (TPSA) is 15.3 Å². The Morgan fingerprint density at radius 2 is 1.85 bits per heavy atom. The van der Waals surface area contributed by atoms with Crippen LogP contribution in [0.4, 0.5) is 5.69 Å². The van der Waals surface area contributed by atoms with Gasteiger partial charge in [-0.3, -0.25) is 0 Å². The third-order valence-corrected chi connectivity index (χ3v) is 4.70. The van der Waals surface area contributed by atoms with E-state index in [4.69, 9.17) is 0 Å². The fourth-order valence-electron chi connectivity index (χ4n) is 3.37. The third-order valence-electron chi connectivity index (χ3n) is 4.70. The quantitative estimate of drug-likeness (QED) is 0.897. The molecule has 1 aliphatic heterocycles. The lowest BCUT2D eigenvalue weighted by atomic mass is 9.75. The number of nitrogens with one attached hydrogen (secondary N) is 1. The van der Waals surface area contributed by atoms with Crippen LogP contribution in [0, 0.1) is 18.3 Å². The number of aryl methyl sites for hydroxylation is 1. The molecule has 1 heterocycles.